The lowest BCUT2D eigenvalue weighted by atomic mass is 10.00. The van der Waals surface area contributed by atoms with Crippen LogP contribution in [0.15, 0.2) is 0 Å². The maximum absolute atomic E-state index is 4.89. The molecule has 0 heterocycles. The molecule has 2 rings (SSSR count). The van der Waals surface area contributed by atoms with E-state index in [9.17, 15) is 0 Å². The van der Waals surface area contributed by atoms with Crippen LogP contribution in [0.3, 0.4) is 0 Å². The van der Waals surface area contributed by atoms with Gasteiger partial charge in [0.15, 0.2) is 0 Å². The second-order valence-corrected chi connectivity index (χ2v) is 7.37. The van der Waals surface area contributed by atoms with Crippen molar-refractivity contribution in [1.29, 1.82) is 0 Å². The van der Waals surface area contributed by atoms with Crippen LogP contribution in [0, 0.1) is 0 Å². The van der Waals surface area contributed by atoms with Crippen molar-refractivity contribution < 1.29 is 0 Å². The number of thiol groups is 1. The predicted octanol–water partition coefficient (Wildman–Crippen LogP) is 4.25. The van der Waals surface area contributed by atoms with E-state index in [-0.39, 0.29) is 0 Å². The molecule has 2 aliphatic rings. The van der Waals surface area contributed by atoms with E-state index in [1.807, 2.05) is 0 Å². The molecule has 0 radical (unpaired) electrons. The molecule has 0 N–H and O–H groups in total. The second-order valence-electron chi connectivity index (χ2n) is 4.53. The molecule has 0 saturated heterocycles. The Labute approximate surface area is 91.7 Å². The minimum atomic E-state index is 0.354. The highest BCUT2D eigenvalue weighted by molar-refractivity contribution is 8.11. The average molecular weight is 216 g/mol. The lowest BCUT2D eigenvalue weighted by Gasteiger charge is -2.34. The third kappa shape index (κ3) is 2.82. The SMILES string of the molecule is SC1(SC2CCCC2)CCCCC1. The molecule has 76 valence electrons. The van der Waals surface area contributed by atoms with Crippen molar-refractivity contribution in [3.63, 3.8) is 0 Å². The molecule has 13 heavy (non-hydrogen) atoms. The molecule has 0 aromatic rings. The van der Waals surface area contributed by atoms with Crippen molar-refractivity contribution in [1.82, 2.24) is 0 Å². The van der Waals surface area contributed by atoms with Gasteiger partial charge >= 0.3 is 0 Å². The first-order valence-electron chi connectivity index (χ1n) is 5.69. The van der Waals surface area contributed by atoms with E-state index in [4.69, 9.17) is 12.6 Å². The monoisotopic (exact) mass is 216 g/mol. The summed E-state index contributed by atoms with van der Waals surface area (Å²) in [6.07, 6.45) is 12.8. The van der Waals surface area contributed by atoms with E-state index in [1.165, 1.54) is 57.8 Å². The molecule has 0 bridgehead atoms. The Kier molecular flexibility index (Phi) is 3.52. The summed E-state index contributed by atoms with van der Waals surface area (Å²) in [5, 5.41) is 0.940. The van der Waals surface area contributed by atoms with Crippen LogP contribution in [0.2, 0.25) is 0 Å². The van der Waals surface area contributed by atoms with Crippen molar-refractivity contribution in [3.05, 3.63) is 0 Å². The van der Waals surface area contributed by atoms with E-state index in [0.29, 0.717) is 4.08 Å². The Morgan fingerprint density at radius 2 is 1.54 bits per heavy atom. The van der Waals surface area contributed by atoms with Gasteiger partial charge < -0.3 is 0 Å². The van der Waals surface area contributed by atoms with Crippen LogP contribution in [0.5, 0.6) is 0 Å². The maximum atomic E-state index is 4.89. The van der Waals surface area contributed by atoms with Gasteiger partial charge in [0, 0.05) is 5.25 Å². The molecule has 0 unspecified atom stereocenters. The lowest BCUT2D eigenvalue weighted by Crippen LogP contribution is -2.23. The van der Waals surface area contributed by atoms with Crippen LogP contribution in [-0.4, -0.2) is 9.33 Å². The van der Waals surface area contributed by atoms with Crippen LogP contribution in [-0.2, 0) is 0 Å². The van der Waals surface area contributed by atoms with Gasteiger partial charge in [0.05, 0.1) is 4.08 Å². The molecule has 0 aromatic carbocycles. The first-order chi connectivity index (χ1) is 6.29. The van der Waals surface area contributed by atoms with Gasteiger partial charge in [-0.15, -0.1) is 11.8 Å². The molecule has 0 nitrogen and oxygen atoms in total. The minimum absolute atomic E-state index is 0.354. The van der Waals surface area contributed by atoms with Crippen LogP contribution in [0.25, 0.3) is 0 Å². The summed E-state index contributed by atoms with van der Waals surface area (Å²) in [5.74, 6) is 0. The van der Waals surface area contributed by atoms with Crippen LogP contribution >= 0.6 is 24.4 Å². The quantitative estimate of drug-likeness (QED) is 0.532. The van der Waals surface area contributed by atoms with Gasteiger partial charge in [0.2, 0.25) is 0 Å². The molecule has 2 saturated carbocycles. The van der Waals surface area contributed by atoms with E-state index < -0.39 is 0 Å². The maximum Gasteiger partial charge on any atom is 0.0584 e. The molecule has 2 aliphatic carbocycles. The molecular weight excluding hydrogens is 196 g/mol. The van der Waals surface area contributed by atoms with E-state index in [1.54, 1.807) is 0 Å². The van der Waals surface area contributed by atoms with Gasteiger partial charge in [-0.25, -0.2) is 0 Å². The Bertz CT molecular complexity index is 155. The minimum Gasteiger partial charge on any atom is -0.162 e. The number of rotatable bonds is 2. The smallest absolute Gasteiger partial charge is 0.0584 e. The van der Waals surface area contributed by atoms with E-state index in [0.717, 1.165) is 5.25 Å². The molecule has 2 fully saturated rings. The van der Waals surface area contributed by atoms with Crippen LogP contribution in [0.1, 0.15) is 57.8 Å². The zero-order chi connectivity index (χ0) is 9.15. The fraction of sp³-hybridized carbons (Fsp3) is 1.00. The molecular formula is C11H20S2. The molecule has 0 amide bonds. The third-order valence-electron chi connectivity index (χ3n) is 3.32. The van der Waals surface area contributed by atoms with Gasteiger partial charge in [-0.1, -0.05) is 32.1 Å². The Balaban J connectivity index is 1.83. The summed E-state index contributed by atoms with van der Waals surface area (Å²) in [6.45, 7) is 0. The lowest BCUT2D eigenvalue weighted by molar-refractivity contribution is 0.491. The summed E-state index contributed by atoms with van der Waals surface area (Å²) in [7, 11) is 0. The van der Waals surface area contributed by atoms with Gasteiger partial charge in [-0.05, 0) is 25.7 Å². The molecule has 0 aromatic heterocycles. The van der Waals surface area contributed by atoms with Crippen molar-refractivity contribution in [2.75, 3.05) is 0 Å². The predicted molar refractivity (Wildman–Crippen MR) is 64.6 cm³/mol. The highest BCUT2D eigenvalue weighted by atomic mass is 32.2. The Hall–Kier alpha value is 0.700. The summed E-state index contributed by atoms with van der Waals surface area (Å²) < 4.78 is 0.354. The zero-order valence-corrected chi connectivity index (χ0v) is 10.0. The van der Waals surface area contributed by atoms with E-state index in [2.05, 4.69) is 11.8 Å². The van der Waals surface area contributed by atoms with Crippen molar-refractivity contribution in [2.45, 2.75) is 67.1 Å². The highest BCUT2D eigenvalue weighted by Crippen LogP contribution is 2.48. The average Bonchev–Trinajstić information content (AvgIpc) is 2.57. The number of hydrogen-bond acceptors (Lipinski definition) is 2. The van der Waals surface area contributed by atoms with Crippen LogP contribution in [0.4, 0.5) is 0 Å². The summed E-state index contributed by atoms with van der Waals surface area (Å²) >= 11 is 7.08. The molecule has 0 atom stereocenters. The van der Waals surface area contributed by atoms with Crippen molar-refractivity contribution >= 4 is 24.4 Å². The van der Waals surface area contributed by atoms with Crippen LogP contribution < -0.4 is 0 Å². The number of hydrogen-bond donors (Lipinski definition) is 1. The normalized spacial score (nSPS) is 29.3. The van der Waals surface area contributed by atoms with Crippen molar-refractivity contribution in [2.24, 2.45) is 0 Å². The second kappa shape index (κ2) is 4.48. The molecule has 0 aliphatic heterocycles. The summed E-state index contributed by atoms with van der Waals surface area (Å²) in [4.78, 5) is 0. The standard InChI is InChI=1S/C11H20S2/c12-11(8-4-1-5-9-11)13-10-6-2-3-7-10/h10,12H,1-9H2. The largest absolute Gasteiger partial charge is 0.162 e. The fourth-order valence-corrected chi connectivity index (χ4v) is 5.02. The molecule has 0 spiro atoms. The first-order valence-corrected chi connectivity index (χ1v) is 7.01. The van der Waals surface area contributed by atoms with Gasteiger partial charge in [-0.3, -0.25) is 0 Å². The van der Waals surface area contributed by atoms with Crippen molar-refractivity contribution in [3.8, 4) is 0 Å². The Morgan fingerprint density at radius 3 is 2.15 bits per heavy atom. The summed E-state index contributed by atoms with van der Waals surface area (Å²) in [5.41, 5.74) is 0. The topological polar surface area (TPSA) is 0 Å². The number of thioether (sulfide) groups is 1. The van der Waals surface area contributed by atoms with Gasteiger partial charge in [0.1, 0.15) is 0 Å². The van der Waals surface area contributed by atoms with Gasteiger partial charge in [-0.2, -0.15) is 12.6 Å². The highest BCUT2D eigenvalue weighted by Gasteiger charge is 2.32. The van der Waals surface area contributed by atoms with Gasteiger partial charge in [0.25, 0.3) is 0 Å². The Morgan fingerprint density at radius 1 is 0.923 bits per heavy atom. The van der Waals surface area contributed by atoms with E-state index >= 15 is 0 Å². The third-order valence-corrected chi connectivity index (χ3v) is 5.74. The summed E-state index contributed by atoms with van der Waals surface area (Å²) in [6, 6.07) is 0. The first kappa shape index (κ1) is 10.2. The zero-order valence-electron chi connectivity index (χ0n) is 8.30. The molecule has 2 heteroatoms. The fourth-order valence-electron chi connectivity index (χ4n) is 2.54.